The number of carbonyl (C=O) groups excluding carboxylic acids is 1. The van der Waals surface area contributed by atoms with Gasteiger partial charge < -0.3 is 16.2 Å². The second kappa shape index (κ2) is 7.84. The van der Waals surface area contributed by atoms with E-state index >= 15 is 0 Å². The number of rotatable bonds is 7. The van der Waals surface area contributed by atoms with E-state index in [2.05, 4.69) is 11.6 Å². The number of thiophene rings is 1. The molecule has 1 amide bonds. The van der Waals surface area contributed by atoms with E-state index in [1.807, 2.05) is 24.3 Å². The summed E-state index contributed by atoms with van der Waals surface area (Å²) < 4.78 is 35.8. The van der Waals surface area contributed by atoms with Gasteiger partial charge >= 0.3 is 0 Å². The molecule has 0 atom stereocenters. The Morgan fingerprint density at radius 2 is 1.94 bits per heavy atom. The zero-order valence-electron chi connectivity index (χ0n) is 16.2. The Labute approximate surface area is 180 Å². The number of fused-ring (bicyclic) bond motifs is 1. The lowest BCUT2D eigenvalue weighted by molar-refractivity contribution is 0.0504. The topological polar surface area (TPSA) is 96.2 Å². The fraction of sp³-hybridized carbons (Fsp3) is 0.0909. The van der Waals surface area contributed by atoms with E-state index < -0.39 is 11.8 Å². The average molecular weight is 440 g/mol. The lowest BCUT2D eigenvalue weighted by Gasteiger charge is -2.16. The summed E-state index contributed by atoms with van der Waals surface area (Å²) in [5.74, 6) is -3.49. The van der Waals surface area contributed by atoms with Gasteiger partial charge in [0.25, 0.3) is 11.8 Å². The van der Waals surface area contributed by atoms with E-state index in [-0.39, 0.29) is 34.3 Å². The summed E-state index contributed by atoms with van der Waals surface area (Å²) >= 11 is 1.08. The van der Waals surface area contributed by atoms with Crippen LogP contribution in [-0.2, 0) is 12.5 Å². The average Bonchev–Trinajstić information content (AvgIpc) is 3.32. The highest BCUT2D eigenvalue weighted by Gasteiger charge is 2.30. The van der Waals surface area contributed by atoms with Crippen LogP contribution in [0.5, 0.6) is 5.75 Å². The molecule has 0 aliphatic carbocycles. The van der Waals surface area contributed by atoms with Gasteiger partial charge in [-0.3, -0.25) is 9.36 Å². The maximum Gasteiger partial charge on any atom is 0.291 e. The van der Waals surface area contributed by atoms with E-state index in [9.17, 15) is 13.6 Å². The number of ether oxygens (including phenoxy) is 1. The van der Waals surface area contributed by atoms with Crippen LogP contribution in [0.4, 0.5) is 14.7 Å². The molecule has 2 heterocycles. The van der Waals surface area contributed by atoms with E-state index in [1.54, 1.807) is 16.7 Å². The molecule has 6 nitrogen and oxygen atoms in total. The van der Waals surface area contributed by atoms with Gasteiger partial charge in [-0.15, -0.1) is 11.3 Å². The molecule has 2 aromatic heterocycles. The third kappa shape index (κ3) is 3.75. The molecular formula is C22H18F2N4O2S. The monoisotopic (exact) mass is 440 g/mol. The number of carbonyl (C=O) groups is 1. The third-order valence-corrected chi connectivity index (χ3v) is 5.85. The number of nitrogens with two attached hydrogens (primary N) is 2. The summed E-state index contributed by atoms with van der Waals surface area (Å²) in [5.41, 5.74) is 13.1. The first-order valence-corrected chi connectivity index (χ1v) is 10.0. The van der Waals surface area contributed by atoms with Gasteiger partial charge in [0.1, 0.15) is 22.2 Å². The maximum absolute atomic E-state index is 14.2. The van der Waals surface area contributed by atoms with Crippen LogP contribution in [0.3, 0.4) is 0 Å². The molecule has 9 heteroatoms. The van der Waals surface area contributed by atoms with E-state index in [0.29, 0.717) is 16.6 Å². The number of nitrogens with zero attached hydrogens (tertiary/aromatic N) is 2. The minimum absolute atomic E-state index is 0.153. The van der Waals surface area contributed by atoms with Gasteiger partial charge in [0.2, 0.25) is 5.95 Å². The van der Waals surface area contributed by atoms with Crippen molar-refractivity contribution in [3.63, 3.8) is 0 Å². The van der Waals surface area contributed by atoms with Gasteiger partial charge in [0.05, 0.1) is 11.0 Å². The van der Waals surface area contributed by atoms with E-state index in [1.165, 1.54) is 18.2 Å². The van der Waals surface area contributed by atoms with Crippen LogP contribution < -0.4 is 16.2 Å². The highest BCUT2D eigenvalue weighted by Crippen LogP contribution is 2.37. The van der Waals surface area contributed by atoms with Crippen LogP contribution in [0, 0.1) is 0 Å². The Morgan fingerprint density at radius 1 is 1.23 bits per heavy atom. The van der Waals surface area contributed by atoms with Gasteiger partial charge in [-0.1, -0.05) is 43.0 Å². The van der Waals surface area contributed by atoms with Crippen molar-refractivity contribution in [2.45, 2.75) is 12.5 Å². The molecule has 4 aromatic rings. The molecule has 0 unspecified atom stereocenters. The Kier molecular flexibility index (Phi) is 5.20. The summed E-state index contributed by atoms with van der Waals surface area (Å²) in [6.45, 7) is 3.02. The number of para-hydroxylation sites is 2. The molecule has 0 aliphatic heterocycles. The summed E-state index contributed by atoms with van der Waals surface area (Å²) in [4.78, 5) is 16.5. The quantitative estimate of drug-likeness (QED) is 0.410. The molecule has 0 saturated carbocycles. The van der Waals surface area contributed by atoms with Crippen molar-refractivity contribution in [1.82, 2.24) is 9.55 Å². The van der Waals surface area contributed by atoms with Gasteiger partial charge in [-0.05, 0) is 23.8 Å². The first kappa shape index (κ1) is 20.5. The highest BCUT2D eigenvalue weighted by molar-refractivity contribution is 7.16. The zero-order chi connectivity index (χ0) is 22.2. The minimum Gasteiger partial charge on any atom is -0.487 e. The number of anilines is 1. The molecule has 0 fully saturated rings. The first-order valence-electron chi connectivity index (χ1n) is 9.21. The van der Waals surface area contributed by atoms with Gasteiger partial charge in [0.15, 0.2) is 0 Å². The number of nitrogen functional groups attached to an aromatic ring is 1. The molecule has 31 heavy (non-hydrogen) atoms. The molecule has 4 N–H and O–H groups in total. The number of benzene rings is 2. The molecule has 0 bridgehead atoms. The predicted octanol–water partition coefficient (Wildman–Crippen LogP) is 4.62. The molecule has 158 valence electrons. The van der Waals surface area contributed by atoms with Crippen LogP contribution in [0.25, 0.3) is 16.0 Å². The molecular weight excluding hydrogens is 422 g/mol. The van der Waals surface area contributed by atoms with Crippen molar-refractivity contribution in [2.24, 2.45) is 5.73 Å². The third-order valence-electron chi connectivity index (χ3n) is 4.73. The number of allylic oxidation sites excluding steroid dienone is 1. The van der Waals surface area contributed by atoms with E-state index in [0.717, 1.165) is 16.9 Å². The summed E-state index contributed by atoms with van der Waals surface area (Å²) in [6, 6.07) is 14.9. The summed E-state index contributed by atoms with van der Waals surface area (Å²) in [6.07, 6.45) is 0.580. The number of hydrogen-bond donors (Lipinski definition) is 2. The molecule has 2 aromatic carbocycles. The lowest BCUT2D eigenvalue weighted by Crippen LogP contribution is -2.14. The van der Waals surface area contributed by atoms with Gasteiger partial charge in [-0.25, -0.2) is 4.98 Å². The Hall–Kier alpha value is -3.72. The van der Waals surface area contributed by atoms with Crippen molar-refractivity contribution < 1.29 is 18.3 Å². The maximum atomic E-state index is 14.2. The number of halogens is 2. The number of primary amides is 1. The van der Waals surface area contributed by atoms with Crippen LogP contribution >= 0.6 is 11.3 Å². The molecule has 0 saturated heterocycles. The normalized spacial score (nSPS) is 11.5. The van der Waals surface area contributed by atoms with Crippen molar-refractivity contribution in [2.75, 3.05) is 5.73 Å². The number of aromatic nitrogens is 2. The highest BCUT2D eigenvalue weighted by atomic mass is 32.1. The van der Waals surface area contributed by atoms with Crippen molar-refractivity contribution in [3.05, 3.63) is 83.3 Å². The second-order valence-corrected chi connectivity index (χ2v) is 7.74. The van der Waals surface area contributed by atoms with Crippen LogP contribution in [-0.4, -0.2) is 15.5 Å². The number of imidazole rings is 1. The second-order valence-electron chi connectivity index (χ2n) is 6.71. The molecule has 0 radical (unpaired) electrons. The number of hydrogen-bond acceptors (Lipinski definition) is 5. The smallest absolute Gasteiger partial charge is 0.291 e. The summed E-state index contributed by atoms with van der Waals surface area (Å²) in [7, 11) is 0. The number of amides is 1. The largest absolute Gasteiger partial charge is 0.487 e. The fourth-order valence-corrected chi connectivity index (χ4v) is 4.24. The first-order chi connectivity index (χ1) is 14.8. The SMILES string of the molecule is C=CC(F)(F)c1ccccc1COc1cc(-n2c(N)nc3ccccc32)sc1C(N)=O. The van der Waals surface area contributed by atoms with Crippen molar-refractivity contribution >= 4 is 34.2 Å². The van der Waals surface area contributed by atoms with Crippen molar-refractivity contribution in [1.29, 1.82) is 0 Å². The Balaban J connectivity index is 1.71. The van der Waals surface area contributed by atoms with Crippen LogP contribution in [0.2, 0.25) is 0 Å². The molecule has 0 spiro atoms. The van der Waals surface area contributed by atoms with E-state index in [4.69, 9.17) is 16.2 Å². The lowest BCUT2D eigenvalue weighted by atomic mass is 10.0. The standard InChI is InChI=1S/C22H18F2N4O2S/c1-2-22(23,24)14-8-4-3-7-13(14)12-30-17-11-18(31-19(17)20(25)29)28-16-10-6-5-9-15(16)27-21(28)26/h2-11H,1,12H2,(H2,25,29)(H2,26,27). The van der Waals surface area contributed by atoms with Gasteiger partial charge in [0, 0.05) is 11.6 Å². The molecule has 0 aliphatic rings. The Bertz CT molecular complexity index is 1300. The van der Waals surface area contributed by atoms with Crippen LogP contribution in [0.15, 0.2) is 67.3 Å². The molecule has 4 rings (SSSR count). The minimum atomic E-state index is -3.21. The van der Waals surface area contributed by atoms with Crippen LogP contribution in [0.1, 0.15) is 20.8 Å². The van der Waals surface area contributed by atoms with Crippen molar-refractivity contribution in [3.8, 4) is 10.8 Å². The summed E-state index contributed by atoms with van der Waals surface area (Å²) in [5, 5.41) is 0.569. The predicted molar refractivity (Wildman–Crippen MR) is 117 cm³/mol. The number of alkyl halides is 2. The van der Waals surface area contributed by atoms with Gasteiger partial charge in [-0.2, -0.15) is 8.78 Å². The zero-order valence-corrected chi connectivity index (χ0v) is 17.0. The Morgan fingerprint density at radius 3 is 2.68 bits per heavy atom. The fourth-order valence-electron chi connectivity index (χ4n) is 3.26.